The lowest BCUT2D eigenvalue weighted by atomic mass is 9.94. The molecule has 1 aliphatic carbocycles. The summed E-state index contributed by atoms with van der Waals surface area (Å²) < 4.78 is 0. The van der Waals surface area contributed by atoms with Crippen molar-refractivity contribution in [2.24, 2.45) is 0 Å². The molecule has 0 saturated heterocycles. The van der Waals surface area contributed by atoms with E-state index in [-0.39, 0.29) is 0 Å². The summed E-state index contributed by atoms with van der Waals surface area (Å²) in [5.74, 6) is 0.555. The quantitative estimate of drug-likeness (QED) is 0.717. The first kappa shape index (κ1) is 12.1. The first-order valence-electron chi connectivity index (χ1n) is 6.41. The molecule has 0 spiro atoms. The second-order valence-electron chi connectivity index (χ2n) is 5.29. The highest BCUT2D eigenvalue weighted by molar-refractivity contribution is 5.66. The standard InChI is InChI=1S/C16H21N/c1-11(2)15-10-17-16(9-13(15)4)14-7-5-12(3)6-8-14/h5,7,9-11H,6,8H2,1-4H3. The first-order chi connectivity index (χ1) is 8.08. The van der Waals surface area contributed by atoms with Crippen LogP contribution in [0.4, 0.5) is 0 Å². The monoisotopic (exact) mass is 227 g/mol. The molecule has 0 amide bonds. The van der Waals surface area contributed by atoms with Crippen molar-refractivity contribution in [3.63, 3.8) is 0 Å². The molecule has 90 valence electrons. The fourth-order valence-corrected chi connectivity index (χ4v) is 2.30. The van der Waals surface area contributed by atoms with Crippen molar-refractivity contribution in [3.05, 3.63) is 46.8 Å². The van der Waals surface area contributed by atoms with Crippen molar-refractivity contribution >= 4 is 5.57 Å². The van der Waals surface area contributed by atoms with E-state index in [9.17, 15) is 0 Å². The molecule has 0 atom stereocenters. The predicted molar refractivity (Wildman–Crippen MR) is 74.0 cm³/mol. The molecule has 1 aromatic rings. The maximum absolute atomic E-state index is 4.61. The largest absolute Gasteiger partial charge is 0.256 e. The summed E-state index contributed by atoms with van der Waals surface area (Å²) in [7, 11) is 0. The molecular formula is C16H21N. The summed E-state index contributed by atoms with van der Waals surface area (Å²) >= 11 is 0. The van der Waals surface area contributed by atoms with Crippen LogP contribution in [-0.4, -0.2) is 4.98 Å². The van der Waals surface area contributed by atoms with E-state index in [4.69, 9.17) is 0 Å². The van der Waals surface area contributed by atoms with Gasteiger partial charge in [-0.2, -0.15) is 0 Å². The second-order valence-corrected chi connectivity index (χ2v) is 5.29. The Morgan fingerprint density at radius 3 is 2.41 bits per heavy atom. The van der Waals surface area contributed by atoms with Crippen LogP contribution in [0.3, 0.4) is 0 Å². The molecule has 1 nitrogen and oxygen atoms in total. The molecule has 1 aliphatic rings. The molecule has 0 aromatic carbocycles. The lowest BCUT2D eigenvalue weighted by Crippen LogP contribution is -1.99. The Hall–Kier alpha value is -1.37. The Balaban J connectivity index is 2.32. The van der Waals surface area contributed by atoms with Gasteiger partial charge < -0.3 is 0 Å². The van der Waals surface area contributed by atoms with Crippen molar-refractivity contribution < 1.29 is 0 Å². The van der Waals surface area contributed by atoms with Gasteiger partial charge in [-0.15, -0.1) is 0 Å². The van der Waals surface area contributed by atoms with Gasteiger partial charge in [0, 0.05) is 6.20 Å². The van der Waals surface area contributed by atoms with Crippen LogP contribution >= 0.6 is 0 Å². The summed E-state index contributed by atoms with van der Waals surface area (Å²) in [5.41, 5.74) is 6.70. The highest BCUT2D eigenvalue weighted by Gasteiger charge is 2.10. The van der Waals surface area contributed by atoms with Crippen LogP contribution in [0.15, 0.2) is 30.0 Å². The minimum absolute atomic E-state index is 0.555. The minimum Gasteiger partial charge on any atom is -0.256 e. The van der Waals surface area contributed by atoms with Gasteiger partial charge in [0.1, 0.15) is 0 Å². The van der Waals surface area contributed by atoms with Crippen LogP contribution in [0.5, 0.6) is 0 Å². The van der Waals surface area contributed by atoms with E-state index in [1.165, 1.54) is 28.7 Å². The topological polar surface area (TPSA) is 12.9 Å². The third-order valence-corrected chi connectivity index (χ3v) is 3.46. The van der Waals surface area contributed by atoms with Gasteiger partial charge in [0.25, 0.3) is 0 Å². The molecule has 1 aromatic heterocycles. The molecule has 0 aliphatic heterocycles. The van der Waals surface area contributed by atoms with Crippen molar-refractivity contribution in [3.8, 4) is 0 Å². The Kier molecular flexibility index (Phi) is 3.46. The van der Waals surface area contributed by atoms with Crippen LogP contribution in [0.25, 0.3) is 5.57 Å². The summed E-state index contributed by atoms with van der Waals surface area (Å²) in [6, 6.07) is 2.23. The number of nitrogens with zero attached hydrogens (tertiary/aromatic N) is 1. The zero-order valence-electron chi connectivity index (χ0n) is 11.2. The van der Waals surface area contributed by atoms with Crippen molar-refractivity contribution in [2.75, 3.05) is 0 Å². The number of hydrogen-bond donors (Lipinski definition) is 0. The zero-order chi connectivity index (χ0) is 12.4. The average Bonchev–Trinajstić information content (AvgIpc) is 2.29. The van der Waals surface area contributed by atoms with Gasteiger partial charge in [-0.25, -0.2) is 0 Å². The van der Waals surface area contributed by atoms with Gasteiger partial charge >= 0.3 is 0 Å². The third kappa shape index (κ3) is 2.66. The normalized spacial score (nSPS) is 15.8. The Morgan fingerprint density at radius 2 is 1.88 bits per heavy atom. The number of aromatic nitrogens is 1. The number of allylic oxidation sites excluding steroid dienone is 4. The molecular weight excluding hydrogens is 206 g/mol. The molecule has 2 rings (SSSR count). The Bertz CT molecular complexity index is 478. The Labute approximate surface area is 104 Å². The zero-order valence-corrected chi connectivity index (χ0v) is 11.2. The molecule has 1 heterocycles. The van der Waals surface area contributed by atoms with E-state index in [1.807, 2.05) is 6.20 Å². The average molecular weight is 227 g/mol. The first-order valence-corrected chi connectivity index (χ1v) is 6.41. The molecule has 17 heavy (non-hydrogen) atoms. The van der Waals surface area contributed by atoms with Gasteiger partial charge in [0.15, 0.2) is 0 Å². The maximum Gasteiger partial charge on any atom is 0.0664 e. The van der Waals surface area contributed by atoms with Gasteiger partial charge in [0.2, 0.25) is 0 Å². The van der Waals surface area contributed by atoms with Crippen LogP contribution in [-0.2, 0) is 0 Å². The lowest BCUT2D eigenvalue weighted by molar-refractivity contribution is 0.845. The van der Waals surface area contributed by atoms with Gasteiger partial charge in [0.05, 0.1) is 5.69 Å². The number of pyridine rings is 1. The second kappa shape index (κ2) is 4.87. The predicted octanol–water partition coefficient (Wildman–Crippen LogP) is 4.64. The molecule has 0 N–H and O–H groups in total. The summed E-state index contributed by atoms with van der Waals surface area (Å²) in [5, 5.41) is 0. The van der Waals surface area contributed by atoms with E-state index in [0.29, 0.717) is 5.92 Å². The van der Waals surface area contributed by atoms with Crippen LogP contribution in [0.1, 0.15) is 56.4 Å². The van der Waals surface area contributed by atoms with Gasteiger partial charge in [-0.1, -0.05) is 31.6 Å². The highest BCUT2D eigenvalue weighted by Crippen LogP contribution is 2.27. The van der Waals surface area contributed by atoms with Crippen LogP contribution in [0.2, 0.25) is 0 Å². The van der Waals surface area contributed by atoms with E-state index in [1.54, 1.807) is 0 Å². The van der Waals surface area contributed by atoms with Crippen molar-refractivity contribution in [1.29, 1.82) is 0 Å². The molecule has 0 unspecified atom stereocenters. The minimum atomic E-state index is 0.555. The molecule has 0 radical (unpaired) electrons. The molecule has 1 heteroatoms. The summed E-state index contributed by atoms with van der Waals surface area (Å²) in [6.45, 7) is 8.81. The number of hydrogen-bond acceptors (Lipinski definition) is 1. The third-order valence-electron chi connectivity index (χ3n) is 3.46. The van der Waals surface area contributed by atoms with Crippen molar-refractivity contribution in [2.45, 2.75) is 46.5 Å². The molecule has 0 saturated carbocycles. The van der Waals surface area contributed by atoms with Gasteiger partial charge in [-0.3, -0.25) is 4.98 Å². The SMILES string of the molecule is CC1=CC=C(c2cc(C)c(C(C)C)cn2)CC1. The van der Waals surface area contributed by atoms with Gasteiger partial charge in [-0.05, 0) is 55.4 Å². The van der Waals surface area contributed by atoms with Crippen molar-refractivity contribution in [1.82, 2.24) is 4.98 Å². The smallest absolute Gasteiger partial charge is 0.0664 e. The fourth-order valence-electron chi connectivity index (χ4n) is 2.30. The maximum atomic E-state index is 4.61. The molecule has 0 bridgehead atoms. The van der Waals surface area contributed by atoms with E-state index in [2.05, 4.69) is 50.9 Å². The summed E-state index contributed by atoms with van der Waals surface area (Å²) in [6.07, 6.45) is 8.76. The lowest BCUT2D eigenvalue weighted by Gasteiger charge is -2.14. The van der Waals surface area contributed by atoms with Crippen LogP contribution in [0, 0.1) is 6.92 Å². The molecule has 0 fully saturated rings. The van der Waals surface area contributed by atoms with E-state index in [0.717, 1.165) is 12.1 Å². The highest BCUT2D eigenvalue weighted by atomic mass is 14.7. The fraction of sp³-hybridized carbons (Fsp3) is 0.438. The van der Waals surface area contributed by atoms with Crippen LogP contribution < -0.4 is 0 Å². The summed E-state index contributed by atoms with van der Waals surface area (Å²) in [4.78, 5) is 4.61. The van der Waals surface area contributed by atoms with E-state index < -0.39 is 0 Å². The number of rotatable bonds is 2. The number of aryl methyl sites for hydroxylation is 1. The van der Waals surface area contributed by atoms with E-state index >= 15 is 0 Å². The Morgan fingerprint density at radius 1 is 1.12 bits per heavy atom.